The van der Waals surface area contributed by atoms with Gasteiger partial charge in [0.05, 0.1) is 21.3 Å². The van der Waals surface area contributed by atoms with E-state index < -0.39 is 9.85 Å². The van der Waals surface area contributed by atoms with Gasteiger partial charge in [-0.3, -0.25) is 29.8 Å². The van der Waals surface area contributed by atoms with Gasteiger partial charge in [0.25, 0.3) is 11.4 Å². The molecular weight excluding hydrogens is 468 g/mol. The number of hydrogen-bond donors (Lipinski definition) is 2. The van der Waals surface area contributed by atoms with Crippen LogP contribution in [0, 0.1) is 20.2 Å². The summed E-state index contributed by atoms with van der Waals surface area (Å²) >= 11 is 0. The van der Waals surface area contributed by atoms with Gasteiger partial charge in [-0.25, -0.2) is 10.9 Å². The highest BCUT2D eigenvalue weighted by Crippen LogP contribution is 2.16. The maximum Gasteiger partial charge on any atom is 0.270 e. The Morgan fingerprint density at radius 3 is 1.47 bits per heavy atom. The van der Waals surface area contributed by atoms with Crippen LogP contribution in [-0.2, 0) is 9.59 Å². The molecule has 2 amide bonds. The first-order valence-electron chi connectivity index (χ1n) is 11.5. The lowest BCUT2D eigenvalue weighted by atomic mass is 10.1. The molecule has 0 aliphatic carbocycles. The van der Waals surface area contributed by atoms with Crippen molar-refractivity contribution in [2.75, 3.05) is 0 Å². The summed E-state index contributed by atoms with van der Waals surface area (Å²) in [7, 11) is 0. The number of nitrogens with zero attached hydrogens (tertiary/aromatic N) is 4. The number of carbonyl (C=O) groups excluding carboxylic acids is 2. The first-order chi connectivity index (χ1) is 17.2. The Bertz CT molecular complexity index is 1090. The topological polar surface area (TPSA) is 169 Å². The first kappa shape index (κ1) is 27.8. The Labute approximate surface area is 207 Å². The fourth-order valence-corrected chi connectivity index (χ4v) is 3.24. The van der Waals surface area contributed by atoms with Crippen LogP contribution in [0.4, 0.5) is 11.4 Å². The lowest BCUT2D eigenvalue weighted by Gasteiger charge is -2.06. The van der Waals surface area contributed by atoms with Crippen molar-refractivity contribution < 1.29 is 19.4 Å². The van der Waals surface area contributed by atoms with Gasteiger partial charge in [0.1, 0.15) is 0 Å². The molecule has 0 aromatic heterocycles. The number of carbonyl (C=O) groups is 2. The number of rotatable bonds is 13. The van der Waals surface area contributed by atoms with Gasteiger partial charge in [-0.2, -0.15) is 10.2 Å². The summed E-state index contributed by atoms with van der Waals surface area (Å²) in [6.45, 7) is 3.65. The number of benzene rings is 2. The standard InChI is InChI=1S/C24H28N6O6/c1-3-21(17-9-7-11-19(15-17)29(33)34)25-27-23(31)13-5-6-14-24(32)28-26-22(4-2)18-10-8-12-20(16-18)30(35)36/h7-12,15-16H,3-6,13-14H2,1-2H3,(H,27,31)(H,28,32)/b25-21-,26-22-. The van der Waals surface area contributed by atoms with Gasteiger partial charge in [-0.15, -0.1) is 0 Å². The van der Waals surface area contributed by atoms with Crippen molar-refractivity contribution in [2.45, 2.75) is 52.4 Å². The van der Waals surface area contributed by atoms with Crippen molar-refractivity contribution in [3.8, 4) is 0 Å². The molecule has 2 aromatic carbocycles. The third kappa shape index (κ3) is 8.70. The Morgan fingerprint density at radius 1 is 0.750 bits per heavy atom. The normalized spacial score (nSPS) is 11.6. The fourth-order valence-electron chi connectivity index (χ4n) is 3.24. The molecule has 0 radical (unpaired) electrons. The van der Waals surface area contributed by atoms with E-state index in [4.69, 9.17) is 0 Å². The predicted molar refractivity (Wildman–Crippen MR) is 135 cm³/mol. The molecule has 12 heteroatoms. The molecule has 2 aromatic rings. The summed E-state index contributed by atoms with van der Waals surface area (Å²) in [4.78, 5) is 45.1. The highest BCUT2D eigenvalue weighted by atomic mass is 16.6. The molecule has 2 rings (SSSR count). The number of hydrogen-bond acceptors (Lipinski definition) is 8. The number of nitro groups is 2. The fraction of sp³-hybridized carbons (Fsp3) is 0.333. The van der Waals surface area contributed by atoms with E-state index in [0.29, 0.717) is 48.2 Å². The second kappa shape index (κ2) is 14.0. The van der Waals surface area contributed by atoms with Gasteiger partial charge in [0.2, 0.25) is 11.8 Å². The van der Waals surface area contributed by atoms with Crippen LogP contribution in [0.3, 0.4) is 0 Å². The second-order valence-corrected chi connectivity index (χ2v) is 7.72. The minimum absolute atomic E-state index is 0.0567. The summed E-state index contributed by atoms with van der Waals surface area (Å²) in [6.07, 6.45) is 2.14. The van der Waals surface area contributed by atoms with Crippen molar-refractivity contribution in [1.82, 2.24) is 10.9 Å². The molecule has 2 N–H and O–H groups in total. The Morgan fingerprint density at radius 2 is 1.14 bits per heavy atom. The van der Waals surface area contributed by atoms with E-state index >= 15 is 0 Å². The average molecular weight is 497 g/mol. The van der Waals surface area contributed by atoms with E-state index in [0.717, 1.165) is 0 Å². The van der Waals surface area contributed by atoms with Crippen LogP contribution in [0.2, 0.25) is 0 Å². The molecule has 0 aliphatic rings. The third-order valence-electron chi connectivity index (χ3n) is 5.14. The first-order valence-corrected chi connectivity index (χ1v) is 11.5. The molecule has 0 saturated heterocycles. The molecule has 0 atom stereocenters. The molecule has 190 valence electrons. The van der Waals surface area contributed by atoms with Gasteiger partial charge < -0.3 is 0 Å². The van der Waals surface area contributed by atoms with E-state index in [9.17, 15) is 29.8 Å². The lowest BCUT2D eigenvalue weighted by Crippen LogP contribution is -2.21. The number of nitrogens with one attached hydrogen (secondary N) is 2. The third-order valence-corrected chi connectivity index (χ3v) is 5.14. The molecule has 0 saturated carbocycles. The minimum Gasteiger partial charge on any atom is -0.273 e. The molecule has 0 spiro atoms. The van der Waals surface area contributed by atoms with E-state index in [1.807, 2.05) is 13.8 Å². The summed E-state index contributed by atoms with van der Waals surface area (Å²) in [5.41, 5.74) is 6.94. The number of unbranched alkanes of at least 4 members (excludes halogenated alkanes) is 1. The zero-order valence-electron chi connectivity index (χ0n) is 20.1. The molecule has 36 heavy (non-hydrogen) atoms. The van der Waals surface area contributed by atoms with Crippen LogP contribution in [0.5, 0.6) is 0 Å². The maximum atomic E-state index is 12.1. The van der Waals surface area contributed by atoms with Crippen molar-refractivity contribution in [1.29, 1.82) is 0 Å². The highest BCUT2D eigenvalue weighted by molar-refractivity contribution is 6.02. The molecule has 0 aliphatic heterocycles. The Kier molecular flexibility index (Phi) is 10.8. The van der Waals surface area contributed by atoms with Gasteiger partial charge >= 0.3 is 0 Å². The molecule has 0 unspecified atom stereocenters. The zero-order valence-corrected chi connectivity index (χ0v) is 20.1. The minimum atomic E-state index is -0.492. The largest absolute Gasteiger partial charge is 0.273 e. The van der Waals surface area contributed by atoms with Crippen molar-refractivity contribution in [3.63, 3.8) is 0 Å². The summed E-state index contributed by atoms with van der Waals surface area (Å²) < 4.78 is 0. The van der Waals surface area contributed by atoms with E-state index in [1.165, 1.54) is 24.3 Å². The highest BCUT2D eigenvalue weighted by Gasteiger charge is 2.11. The average Bonchev–Trinajstić information content (AvgIpc) is 2.87. The van der Waals surface area contributed by atoms with Gasteiger partial charge in [0.15, 0.2) is 0 Å². The van der Waals surface area contributed by atoms with Gasteiger partial charge in [-0.1, -0.05) is 38.1 Å². The van der Waals surface area contributed by atoms with Crippen molar-refractivity contribution in [2.24, 2.45) is 10.2 Å². The summed E-state index contributed by atoms with van der Waals surface area (Å²) in [5, 5.41) is 30.1. The number of amides is 2. The summed E-state index contributed by atoms with van der Waals surface area (Å²) in [6, 6.07) is 12.1. The monoisotopic (exact) mass is 496 g/mol. The van der Waals surface area contributed by atoms with Crippen LogP contribution in [0.15, 0.2) is 58.7 Å². The molecule has 12 nitrogen and oxygen atoms in total. The molecule has 0 bridgehead atoms. The van der Waals surface area contributed by atoms with Gasteiger partial charge in [0, 0.05) is 48.2 Å². The van der Waals surface area contributed by atoms with Crippen LogP contribution >= 0.6 is 0 Å². The molecule has 0 heterocycles. The van der Waals surface area contributed by atoms with Crippen LogP contribution < -0.4 is 10.9 Å². The maximum absolute atomic E-state index is 12.1. The van der Waals surface area contributed by atoms with E-state index in [-0.39, 0.29) is 36.0 Å². The van der Waals surface area contributed by atoms with Crippen molar-refractivity contribution >= 4 is 34.6 Å². The SMILES string of the molecule is CC/C(=N/NC(=O)CCCCC(=O)N/N=C(/CC)c1cccc([N+](=O)[O-])c1)c1cccc([N+](=O)[O-])c1. The number of non-ortho nitro benzene ring substituents is 2. The Balaban J connectivity index is 1.80. The zero-order chi connectivity index (χ0) is 26.5. The lowest BCUT2D eigenvalue weighted by molar-refractivity contribution is -0.385. The summed E-state index contributed by atoms with van der Waals surface area (Å²) in [5.74, 6) is -0.660. The molecular formula is C24H28N6O6. The quantitative estimate of drug-likeness (QED) is 0.182. The number of hydrazone groups is 2. The predicted octanol–water partition coefficient (Wildman–Crippen LogP) is 4.22. The van der Waals surface area contributed by atoms with Crippen LogP contribution in [0.1, 0.15) is 63.5 Å². The smallest absolute Gasteiger partial charge is 0.270 e. The molecule has 0 fully saturated rings. The van der Waals surface area contributed by atoms with Crippen molar-refractivity contribution in [3.05, 3.63) is 79.9 Å². The second-order valence-electron chi connectivity index (χ2n) is 7.72. The van der Waals surface area contributed by atoms with Crippen LogP contribution in [0.25, 0.3) is 0 Å². The van der Waals surface area contributed by atoms with E-state index in [2.05, 4.69) is 21.1 Å². The number of nitro benzene ring substituents is 2. The Hall–Kier alpha value is -4.48. The van der Waals surface area contributed by atoms with Gasteiger partial charge in [-0.05, 0) is 25.7 Å². The van der Waals surface area contributed by atoms with Crippen LogP contribution in [-0.4, -0.2) is 33.1 Å². The van der Waals surface area contributed by atoms with E-state index in [1.54, 1.807) is 24.3 Å².